The summed E-state index contributed by atoms with van der Waals surface area (Å²) in [5.74, 6) is 0.371. The molecule has 0 aliphatic heterocycles. The van der Waals surface area contributed by atoms with Gasteiger partial charge in [-0.1, -0.05) is 11.6 Å². The van der Waals surface area contributed by atoms with Gasteiger partial charge in [-0.3, -0.25) is 4.79 Å². The Morgan fingerprint density at radius 3 is 2.63 bits per heavy atom. The normalized spacial score (nSPS) is 10.4. The topological polar surface area (TPSA) is 47.6 Å². The number of rotatable bonds is 6. The van der Waals surface area contributed by atoms with Crippen molar-refractivity contribution in [2.24, 2.45) is 0 Å². The second-order valence-corrected chi connectivity index (χ2v) is 4.69. The highest BCUT2D eigenvalue weighted by atomic mass is 35.5. The molecular formula is C14H20ClNO3. The van der Waals surface area contributed by atoms with Crippen LogP contribution in [0, 0.1) is 13.8 Å². The Kier molecular flexibility index (Phi) is 6.12. The molecule has 106 valence electrons. The number of carbonyl (C=O) groups is 1. The predicted octanol–water partition coefficient (Wildman–Crippen LogP) is 2.73. The molecular weight excluding hydrogens is 266 g/mol. The van der Waals surface area contributed by atoms with Crippen LogP contribution in [-0.2, 0) is 4.74 Å². The second-order valence-electron chi connectivity index (χ2n) is 4.31. The minimum atomic E-state index is -0.174. The lowest BCUT2D eigenvalue weighted by Gasteiger charge is -2.15. The van der Waals surface area contributed by atoms with E-state index in [1.165, 1.54) is 0 Å². The highest BCUT2D eigenvalue weighted by Crippen LogP contribution is 2.31. The van der Waals surface area contributed by atoms with E-state index < -0.39 is 0 Å². The van der Waals surface area contributed by atoms with Crippen LogP contribution in [0.15, 0.2) is 6.07 Å². The number of hydrogen-bond donors (Lipinski definition) is 1. The quantitative estimate of drug-likeness (QED) is 0.818. The Labute approximate surface area is 119 Å². The van der Waals surface area contributed by atoms with Crippen LogP contribution in [0.2, 0.25) is 5.02 Å². The lowest BCUT2D eigenvalue weighted by molar-refractivity contribution is 0.0945. The molecule has 0 unspecified atom stereocenters. The van der Waals surface area contributed by atoms with Crippen molar-refractivity contribution in [3.05, 3.63) is 27.8 Å². The van der Waals surface area contributed by atoms with Crippen LogP contribution in [0.3, 0.4) is 0 Å². The van der Waals surface area contributed by atoms with Gasteiger partial charge in [0.05, 0.1) is 12.7 Å². The Morgan fingerprint density at radius 2 is 2.05 bits per heavy atom. The molecule has 1 amide bonds. The number of hydrogen-bond acceptors (Lipinski definition) is 3. The average molecular weight is 286 g/mol. The molecule has 5 heteroatoms. The molecule has 0 aliphatic rings. The minimum Gasteiger partial charge on any atom is -0.496 e. The molecule has 1 N–H and O–H groups in total. The SMILES string of the molecule is COCCCNC(=O)c1c(OC)cc(C)c(Cl)c1C. The molecule has 0 atom stereocenters. The van der Waals surface area contributed by atoms with Crippen LogP contribution in [0.25, 0.3) is 0 Å². The van der Waals surface area contributed by atoms with Gasteiger partial charge >= 0.3 is 0 Å². The smallest absolute Gasteiger partial charge is 0.255 e. The molecule has 0 radical (unpaired) electrons. The first-order valence-electron chi connectivity index (χ1n) is 6.13. The largest absolute Gasteiger partial charge is 0.496 e. The van der Waals surface area contributed by atoms with E-state index in [4.69, 9.17) is 21.1 Å². The first-order valence-corrected chi connectivity index (χ1v) is 6.51. The van der Waals surface area contributed by atoms with Crippen LogP contribution in [0.1, 0.15) is 27.9 Å². The van der Waals surface area contributed by atoms with Crippen LogP contribution in [0.5, 0.6) is 5.75 Å². The van der Waals surface area contributed by atoms with Crippen LogP contribution < -0.4 is 10.1 Å². The van der Waals surface area contributed by atoms with Crippen molar-refractivity contribution in [2.45, 2.75) is 20.3 Å². The van der Waals surface area contributed by atoms with Gasteiger partial charge in [-0.25, -0.2) is 0 Å². The maximum Gasteiger partial charge on any atom is 0.255 e. The van der Waals surface area contributed by atoms with Crippen molar-refractivity contribution >= 4 is 17.5 Å². The molecule has 0 spiro atoms. The number of carbonyl (C=O) groups excluding carboxylic acids is 1. The van der Waals surface area contributed by atoms with Gasteiger partial charge in [-0.2, -0.15) is 0 Å². The van der Waals surface area contributed by atoms with E-state index >= 15 is 0 Å². The number of amides is 1. The van der Waals surface area contributed by atoms with E-state index in [2.05, 4.69) is 5.32 Å². The standard InChI is InChI=1S/C14H20ClNO3/c1-9-8-11(19-4)12(10(2)13(9)15)14(17)16-6-5-7-18-3/h8H,5-7H2,1-4H3,(H,16,17). The molecule has 0 heterocycles. The Morgan fingerprint density at radius 1 is 1.37 bits per heavy atom. The molecule has 4 nitrogen and oxygen atoms in total. The third-order valence-corrected chi connectivity index (χ3v) is 3.48. The van der Waals surface area contributed by atoms with Crippen molar-refractivity contribution in [2.75, 3.05) is 27.4 Å². The van der Waals surface area contributed by atoms with Crippen LogP contribution in [0.4, 0.5) is 0 Å². The van der Waals surface area contributed by atoms with E-state index in [1.54, 1.807) is 20.3 Å². The molecule has 0 fully saturated rings. The van der Waals surface area contributed by atoms with E-state index in [-0.39, 0.29) is 5.91 Å². The number of aryl methyl sites for hydroxylation is 1. The summed E-state index contributed by atoms with van der Waals surface area (Å²) in [6, 6.07) is 1.78. The number of benzene rings is 1. The molecule has 1 aromatic carbocycles. The maximum atomic E-state index is 12.2. The van der Waals surface area contributed by atoms with Gasteiger partial charge in [0.15, 0.2) is 0 Å². The molecule has 19 heavy (non-hydrogen) atoms. The summed E-state index contributed by atoms with van der Waals surface area (Å²) in [6.45, 7) is 4.88. The molecule has 0 saturated carbocycles. The number of halogens is 1. The minimum absolute atomic E-state index is 0.174. The van der Waals surface area contributed by atoms with E-state index in [0.29, 0.717) is 29.5 Å². The van der Waals surface area contributed by atoms with Gasteiger partial charge in [-0.15, -0.1) is 0 Å². The fourth-order valence-corrected chi connectivity index (χ4v) is 2.02. The van der Waals surface area contributed by atoms with Gasteiger partial charge in [0.1, 0.15) is 5.75 Å². The third-order valence-electron chi connectivity index (χ3n) is 2.90. The fourth-order valence-electron chi connectivity index (χ4n) is 1.87. The molecule has 1 aromatic rings. The summed E-state index contributed by atoms with van der Waals surface area (Å²) < 4.78 is 10.2. The predicted molar refractivity (Wildman–Crippen MR) is 76.3 cm³/mol. The van der Waals surface area contributed by atoms with E-state index in [1.807, 2.05) is 13.8 Å². The average Bonchev–Trinajstić information content (AvgIpc) is 2.40. The Hall–Kier alpha value is -1.26. The maximum absolute atomic E-state index is 12.2. The lowest BCUT2D eigenvalue weighted by Crippen LogP contribution is -2.26. The van der Waals surface area contributed by atoms with Crippen molar-refractivity contribution in [3.8, 4) is 5.75 Å². The molecule has 0 aromatic heterocycles. The lowest BCUT2D eigenvalue weighted by atomic mass is 10.0. The van der Waals surface area contributed by atoms with Crippen molar-refractivity contribution in [3.63, 3.8) is 0 Å². The summed E-state index contributed by atoms with van der Waals surface area (Å²) in [5.41, 5.74) is 2.13. The number of methoxy groups -OCH3 is 2. The van der Waals surface area contributed by atoms with Gasteiger partial charge in [0, 0.05) is 25.3 Å². The van der Waals surface area contributed by atoms with E-state index in [0.717, 1.165) is 17.5 Å². The molecule has 0 aliphatic carbocycles. The van der Waals surface area contributed by atoms with Crippen molar-refractivity contribution in [1.82, 2.24) is 5.32 Å². The first kappa shape index (κ1) is 15.8. The monoisotopic (exact) mass is 285 g/mol. The summed E-state index contributed by atoms with van der Waals surface area (Å²) in [5, 5.41) is 3.44. The van der Waals surface area contributed by atoms with E-state index in [9.17, 15) is 4.79 Å². The van der Waals surface area contributed by atoms with Gasteiger partial charge in [-0.05, 0) is 37.5 Å². The summed E-state index contributed by atoms with van der Waals surface area (Å²) >= 11 is 6.18. The summed E-state index contributed by atoms with van der Waals surface area (Å²) in [4.78, 5) is 12.2. The number of ether oxygens (including phenoxy) is 2. The highest BCUT2D eigenvalue weighted by molar-refractivity contribution is 6.32. The zero-order valence-electron chi connectivity index (χ0n) is 11.8. The molecule has 1 rings (SSSR count). The molecule has 0 bridgehead atoms. The van der Waals surface area contributed by atoms with Crippen molar-refractivity contribution < 1.29 is 14.3 Å². The fraction of sp³-hybridized carbons (Fsp3) is 0.500. The Bertz CT molecular complexity index is 460. The zero-order valence-corrected chi connectivity index (χ0v) is 12.6. The molecule has 0 saturated heterocycles. The first-order chi connectivity index (χ1) is 9.02. The summed E-state index contributed by atoms with van der Waals surface area (Å²) in [7, 11) is 3.18. The highest BCUT2D eigenvalue weighted by Gasteiger charge is 2.18. The van der Waals surface area contributed by atoms with Gasteiger partial charge in [0.2, 0.25) is 0 Å². The van der Waals surface area contributed by atoms with Gasteiger partial charge < -0.3 is 14.8 Å². The van der Waals surface area contributed by atoms with Crippen LogP contribution >= 0.6 is 11.6 Å². The third kappa shape index (κ3) is 3.85. The van der Waals surface area contributed by atoms with Crippen molar-refractivity contribution in [1.29, 1.82) is 0 Å². The summed E-state index contributed by atoms with van der Waals surface area (Å²) in [6.07, 6.45) is 0.767. The number of nitrogens with one attached hydrogen (secondary N) is 1. The second kappa shape index (κ2) is 7.36. The van der Waals surface area contributed by atoms with Gasteiger partial charge in [0.25, 0.3) is 5.91 Å². The zero-order chi connectivity index (χ0) is 14.4. The van der Waals surface area contributed by atoms with Crippen LogP contribution in [-0.4, -0.2) is 33.3 Å². The Balaban J connectivity index is 2.92.